The number of anilines is 2. The van der Waals surface area contributed by atoms with Crippen molar-refractivity contribution in [3.05, 3.63) is 83.7 Å². The van der Waals surface area contributed by atoms with E-state index in [2.05, 4.69) is 27.4 Å². The van der Waals surface area contributed by atoms with Gasteiger partial charge in [-0.15, -0.1) is 0 Å². The highest BCUT2D eigenvalue weighted by atomic mass is 16.1. The quantitative estimate of drug-likeness (QED) is 0.649. The van der Waals surface area contributed by atoms with Gasteiger partial charge in [0, 0.05) is 25.0 Å². The Bertz CT molecular complexity index is 881. The Hall–Kier alpha value is -3.21. The molecule has 0 radical (unpaired) electrons. The van der Waals surface area contributed by atoms with E-state index in [1.54, 1.807) is 6.07 Å². The number of nitrogens with zero attached hydrogens (tertiary/aromatic N) is 3. The summed E-state index contributed by atoms with van der Waals surface area (Å²) in [5.41, 5.74) is 3.39. The first kappa shape index (κ1) is 18.6. The van der Waals surface area contributed by atoms with E-state index in [1.165, 1.54) is 5.56 Å². The fourth-order valence-corrected chi connectivity index (χ4v) is 2.82. The van der Waals surface area contributed by atoms with Gasteiger partial charge in [0.1, 0.15) is 5.69 Å². The van der Waals surface area contributed by atoms with E-state index in [-0.39, 0.29) is 5.91 Å². The van der Waals surface area contributed by atoms with Gasteiger partial charge in [0.2, 0.25) is 5.95 Å². The SMILES string of the molecule is Cc1cc(C(=O)NCCCc2ccccc2)nc(N(C)c2ccccc2)n1. The van der Waals surface area contributed by atoms with Gasteiger partial charge in [-0.1, -0.05) is 48.5 Å². The van der Waals surface area contributed by atoms with Crippen molar-refractivity contribution in [2.45, 2.75) is 19.8 Å². The summed E-state index contributed by atoms with van der Waals surface area (Å²) in [5, 5.41) is 2.95. The van der Waals surface area contributed by atoms with Gasteiger partial charge in [-0.05, 0) is 43.5 Å². The number of hydrogen-bond donors (Lipinski definition) is 1. The number of nitrogens with one attached hydrogen (secondary N) is 1. The van der Waals surface area contributed by atoms with E-state index in [4.69, 9.17) is 0 Å². The largest absolute Gasteiger partial charge is 0.351 e. The van der Waals surface area contributed by atoms with Gasteiger partial charge in [-0.25, -0.2) is 9.97 Å². The zero-order chi connectivity index (χ0) is 19.1. The molecule has 0 unspecified atom stereocenters. The minimum atomic E-state index is -0.170. The van der Waals surface area contributed by atoms with Gasteiger partial charge in [-0.2, -0.15) is 0 Å². The van der Waals surface area contributed by atoms with E-state index in [0.29, 0.717) is 18.2 Å². The van der Waals surface area contributed by atoms with Crippen LogP contribution in [0.2, 0.25) is 0 Å². The molecule has 5 nitrogen and oxygen atoms in total. The highest BCUT2D eigenvalue weighted by molar-refractivity contribution is 5.92. The van der Waals surface area contributed by atoms with Gasteiger partial charge in [-0.3, -0.25) is 4.79 Å². The fourth-order valence-electron chi connectivity index (χ4n) is 2.82. The highest BCUT2D eigenvalue weighted by Gasteiger charge is 2.13. The Morgan fingerprint density at radius 3 is 2.37 bits per heavy atom. The maximum Gasteiger partial charge on any atom is 0.270 e. The van der Waals surface area contributed by atoms with Gasteiger partial charge in [0.25, 0.3) is 5.91 Å². The topological polar surface area (TPSA) is 58.1 Å². The predicted molar refractivity (Wildman–Crippen MR) is 108 cm³/mol. The first-order valence-corrected chi connectivity index (χ1v) is 9.10. The number of para-hydroxylation sites is 1. The van der Waals surface area contributed by atoms with Gasteiger partial charge >= 0.3 is 0 Å². The number of rotatable bonds is 7. The molecule has 1 N–H and O–H groups in total. The molecule has 0 fully saturated rings. The second-order valence-corrected chi connectivity index (χ2v) is 6.43. The van der Waals surface area contributed by atoms with Crippen molar-refractivity contribution in [2.75, 3.05) is 18.5 Å². The molecular formula is C22H24N4O. The van der Waals surface area contributed by atoms with Crippen LogP contribution in [0.15, 0.2) is 66.7 Å². The van der Waals surface area contributed by atoms with Crippen LogP contribution in [0.3, 0.4) is 0 Å². The maximum atomic E-state index is 12.5. The lowest BCUT2D eigenvalue weighted by molar-refractivity contribution is 0.0948. The van der Waals surface area contributed by atoms with Crippen molar-refractivity contribution in [2.24, 2.45) is 0 Å². The number of hydrogen-bond acceptors (Lipinski definition) is 4. The fraction of sp³-hybridized carbons (Fsp3) is 0.227. The van der Waals surface area contributed by atoms with Crippen molar-refractivity contribution in [3.63, 3.8) is 0 Å². The molecule has 3 aromatic rings. The maximum absolute atomic E-state index is 12.5. The molecule has 0 aliphatic heterocycles. The standard InChI is InChI=1S/C22H24N4O/c1-17-16-20(21(27)23-15-9-12-18-10-5-3-6-11-18)25-22(24-17)26(2)19-13-7-4-8-14-19/h3-8,10-11,13-14,16H,9,12,15H2,1-2H3,(H,23,27). The summed E-state index contributed by atoms with van der Waals surface area (Å²) in [5.74, 6) is 0.340. The molecule has 0 aliphatic rings. The van der Waals surface area contributed by atoms with E-state index in [1.807, 2.05) is 67.4 Å². The van der Waals surface area contributed by atoms with Crippen LogP contribution in [0.4, 0.5) is 11.6 Å². The lowest BCUT2D eigenvalue weighted by Crippen LogP contribution is -2.27. The second-order valence-electron chi connectivity index (χ2n) is 6.43. The summed E-state index contributed by atoms with van der Waals surface area (Å²) in [6.07, 6.45) is 1.82. The molecule has 5 heteroatoms. The van der Waals surface area contributed by atoms with Crippen molar-refractivity contribution < 1.29 is 4.79 Å². The predicted octanol–water partition coefficient (Wildman–Crippen LogP) is 3.92. The Labute approximate surface area is 160 Å². The van der Waals surface area contributed by atoms with Crippen molar-refractivity contribution in [3.8, 4) is 0 Å². The number of amides is 1. The molecule has 1 aromatic heterocycles. The van der Waals surface area contributed by atoms with Crippen molar-refractivity contribution in [1.29, 1.82) is 0 Å². The Morgan fingerprint density at radius 1 is 1.00 bits per heavy atom. The minimum absolute atomic E-state index is 0.170. The number of carbonyl (C=O) groups is 1. The molecule has 0 atom stereocenters. The van der Waals surface area contributed by atoms with E-state index >= 15 is 0 Å². The minimum Gasteiger partial charge on any atom is -0.351 e. The van der Waals surface area contributed by atoms with Crippen LogP contribution in [0.5, 0.6) is 0 Å². The van der Waals surface area contributed by atoms with Gasteiger partial charge in [0.15, 0.2) is 0 Å². The first-order chi connectivity index (χ1) is 13.1. The average molecular weight is 360 g/mol. The second kappa shape index (κ2) is 8.94. The normalized spacial score (nSPS) is 10.4. The average Bonchev–Trinajstić information content (AvgIpc) is 2.71. The Morgan fingerprint density at radius 2 is 1.67 bits per heavy atom. The van der Waals surface area contributed by atoms with Crippen LogP contribution in [-0.4, -0.2) is 29.5 Å². The zero-order valence-corrected chi connectivity index (χ0v) is 15.7. The molecular weight excluding hydrogens is 336 g/mol. The Balaban J connectivity index is 1.62. The zero-order valence-electron chi connectivity index (χ0n) is 15.7. The summed E-state index contributed by atoms with van der Waals surface area (Å²) in [6.45, 7) is 2.48. The number of carbonyl (C=O) groups excluding carboxylic acids is 1. The van der Waals surface area contributed by atoms with Crippen LogP contribution in [0, 0.1) is 6.92 Å². The number of aromatic nitrogens is 2. The molecule has 0 spiro atoms. The van der Waals surface area contributed by atoms with E-state index in [0.717, 1.165) is 24.2 Å². The summed E-state index contributed by atoms with van der Waals surface area (Å²) < 4.78 is 0. The molecule has 1 heterocycles. The third-order valence-corrected chi connectivity index (χ3v) is 4.29. The number of aryl methyl sites for hydroxylation is 2. The molecule has 2 aromatic carbocycles. The van der Waals surface area contributed by atoms with E-state index in [9.17, 15) is 4.79 Å². The van der Waals surface area contributed by atoms with Crippen LogP contribution in [0.1, 0.15) is 28.2 Å². The summed E-state index contributed by atoms with van der Waals surface area (Å²) >= 11 is 0. The lowest BCUT2D eigenvalue weighted by Gasteiger charge is -2.18. The van der Waals surface area contributed by atoms with Gasteiger partial charge in [0.05, 0.1) is 0 Å². The third-order valence-electron chi connectivity index (χ3n) is 4.29. The molecule has 0 saturated carbocycles. The molecule has 0 bridgehead atoms. The van der Waals surface area contributed by atoms with Crippen molar-refractivity contribution in [1.82, 2.24) is 15.3 Å². The molecule has 138 valence electrons. The third kappa shape index (κ3) is 5.14. The molecule has 0 saturated heterocycles. The van der Waals surface area contributed by atoms with Crippen molar-refractivity contribution >= 4 is 17.5 Å². The number of benzene rings is 2. The summed E-state index contributed by atoms with van der Waals surface area (Å²) in [6, 6.07) is 21.8. The smallest absolute Gasteiger partial charge is 0.270 e. The first-order valence-electron chi connectivity index (χ1n) is 9.10. The molecule has 27 heavy (non-hydrogen) atoms. The van der Waals surface area contributed by atoms with Gasteiger partial charge < -0.3 is 10.2 Å². The van der Waals surface area contributed by atoms with Crippen LogP contribution in [0.25, 0.3) is 0 Å². The molecule has 1 amide bonds. The van der Waals surface area contributed by atoms with Crippen LogP contribution >= 0.6 is 0 Å². The monoisotopic (exact) mass is 360 g/mol. The summed E-state index contributed by atoms with van der Waals surface area (Å²) in [4.78, 5) is 23.3. The lowest BCUT2D eigenvalue weighted by atomic mass is 10.1. The van der Waals surface area contributed by atoms with Crippen LogP contribution in [-0.2, 0) is 6.42 Å². The molecule has 0 aliphatic carbocycles. The van der Waals surface area contributed by atoms with E-state index < -0.39 is 0 Å². The Kier molecular flexibility index (Phi) is 6.15. The van der Waals surface area contributed by atoms with Crippen LogP contribution < -0.4 is 10.2 Å². The summed E-state index contributed by atoms with van der Waals surface area (Å²) in [7, 11) is 1.89. The molecule has 3 rings (SSSR count). The highest BCUT2D eigenvalue weighted by Crippen LogP contribution is 2.20.